The van der Waals surface area contributed by atoms with Gasteiger partial charge in [-0.2, -0.15) is 0 Å². The quantitative estimate of drug-likeness (QED) is 0.525. The summed E-state index contributed by atoms with van der Waals surface area (Å²) in [6.45, 7) is 5.54. The van der Waals surface area contributed by atoms with E-state index in [4.69, 9.17) is 4.74 Å². The normalized spacial score (nSPS) is 17.3. The minimum Gasteiger partial charge on any atom is -0.488 e. The number of fused-ring (bicyclic) bond motifs is 1. The summed E-state index contributed by atoms with van der Waals surface area (Å²) in [7, 11) is 0. The third kappa shape index (κ3) is 5.47. The van der Waals surface area contributed by atoms with Gasteiger partial charge in [-0.05, 0) is 56.4 Å². The topological polar surface area (TPSA) is 63.5 Å². The van der Waals surface area contributed by atoms with Crippen LogP contribution in [-0.4, -0.2) is 58.7 Å². The van der Waals surface area contributed by atoms with Crippen LogP contribution in [0.5, 0.6) is 5.75 Å². The molecule has 0 radical (unpaired) electrons. The summed E-state index contributed by atoms with van der Waals surface area (Å²) in [5.41, 5.74) is 1.82. The maximum Gasteiger partial charge on any atom is 0.277 e. The molecule has 176 valence electrons. The fourth-order valence-corrected chi connectivity index (χ4v) is 4.83. The van der Waals surface area contributed by atoms with Gasteiger partial charge in [0.2, 0.25) is 0 Å². The van der Waals surface area contributed by atoms with Crippen LogP contribution in [0, 0.1) is 0 Å². The standard InChI is InChI=1S/C25H31N5O2.ClH/c31-25-21-10-3-4-11-22(21)26-27-30(25)15-7-14-28-16-18-29(19-17-28)23-12-5-6-13-24(23)32-20-8-1-2-9-20;/h3-6,10-13,20H,1-2,7-9,14-19H2;1H. The zero-order valence-electron chi connectivity index (χ0n) is 18.9. The average Bonchev–Trinajstić information content (AvgIpc) is 3.35. The Morgan fingerprint density at radius 1 is 0.909 bits per heavy atom. The molecule has 2 fully saturated rings. The number of ether oxygens (including phenoxy) is 1. The molecule has 0 bridgehead atoms. The molecule has 0 spiro atoms. The molecule has 5 rings (SSSR count). The van der Waals surface area contributed by atoms with Crippen LogP contribution in [0.4, 0.5) is 5.69 Å². The Bertz CT molecular complexity index is 1110. The van der Waals surface area contributed by atoms with Crippen LogP contribution in [0.1, 0.15) is 32.1 Å². The lowest BCUT2D eigenvalue weighted by Crippen LogP contribution is -2.47. The van der Waals surface area contributed by atoms with Crippen molar-refractivity contribution in [3.05, 3.63) is 58.9 Å². The van der Waals surface area contributed by atoms with Crippen molar-refractivity contribution in [1.29, 1.82) is 0 Å². The van der Waals surface area contributed by atoms with Crippen LogP contribution in [0.2, 0.25) is 0 Å². The number of hydrogen-bond donors (Lipinski definition) is 0. The summed E-state index contributed by atoms with van der Waals surface area (Å²) >= 11 is 0. The predicted molar refractivity (Wildman–Crippen MR) is 134 cm³/mol. The van der Waals surface area contributed by atoms with Crippen molar-refractivity contribution in [2.45, 2.75) is 44.8 Å². The van der Waals surface area contributed by atoms with E-state index in [1.807, 2.05) is 24.3 Å². The fourth-order valence-electron chi connectivity index (χ4n) is 4.83. The first kappa shape index (κ1) is 23.5. The zero-order chi connectivity index (χ0) is 21.8. The molecule has 1 saturated carbocycles. The first-order valence-corrected chi connectivity index (χ1v) is 11.8. The van der Waals surface area contributed by atoms with Gasteiger partial charge in [0.25, 0.3) is 5.56 Å². The summed E-state index contributed by atoms with van der Waals surface area (Å²) in [6, 6.07) is 15.9. The van der Waals surface area contributed by atoms with Gasteiger partial charge >= 0.3 is 0 Å². The van der Waals surface area contributed by atoms with Crippen LogP contribution in [0.15, 0.2) is 53.3 Å². The fraction of sp³-hybridized carbons (Fsp3) is 0.480. The van der Waals surface area contributed by atoms with E-state index in [9.17, 15) is 4.79 Å². The smallest absolute Gasteiger partial charge is 0.277 e. The predicted octanol–water partition coefficient (Wildman–Crippen LogP) is 3.75. The Morgan fingerprint density at radius 2 is 1.64 bits per heavy atom. The van der Waals surface area contributed by atoms with E-state index in [0.717, 1.165) is 44.9 Å². The average molecular weight is 470 g/mol. The van der Waals surface area contributed by atoms with Crippen LogP contribution < -0.4 is 15.2 Å². The number of para-hydroxylation sites is 2. The number of piperazine rings is 1. The molecule has 1 aliphatic carbocycles. The Labute approximate surface area is 200 Å². The highest BCUT2D eigenvalue weighted by Gasteiger charge is 2.22. The highest BCUT2D eigenvalue weighted by Crippen LogP contribution is 2.32. The molecule has 33 heavy (non-hydrogen) atoms. The molecule has 2 heterocycles. The summed E-state index contributed by atoms with van der Waals surface area (Å²) in [4.78, 5) is 17.5. The van der Waals surface area contributed by atoms with E-state index in [-0.39, 0.29) is 18.0 Å². The van der Waals surface area contributed by atoms with Gasteiger partial charge < -0.3 is 9.64 Å². The van der Waals surface area contributed by atoms with Crippen molar-refractivity contribution in [1.82, 2.24) is 19.9 Å². The Kier molecular flexibility index (Phi) is 7.83. The molecule has 0 unspecified atom stereocenters. The van der Waals surface area contributed by atoms with Crippen LogP contribution in [0.25, 0.3) is 10.9 Å². The Morgan fingerprint density at radius 3 is 2.45 bits per heavy atom. The lowest BCUT2D eigenvalue weighted by Gasteiger charge is -2.37. The number of hydrogen-bond acceptors (Lipinski definition) is 6. The first-order chi connectivity index (χ1) is 15.8. The SMILES string of the molecule is Cl.O=c1c2ccccc2nnn1CCCN1CCN(c2ccccc2OC2CCCC2)CC1. The molecular weight excluding hydrogens is 438 g/mol. The minimum absolute atomic E-state index is 0. The zero-order valence-corrected chi connectivity index (χ0v) is 19.8. The molecule has 0 atom stereocenters. The van der Waals surface area contributed by atoms with Gasteiger partial charge in [-0.1, -0.05) is 29.5 Å². The summed E-state index contributed by atoms with van der Waals surface area (Å²) in [6.07, 6.45) is 6.16. The molecule has 3 aromatic rings. The highest BCUT2D eigenvalue weighted by atomic mass is 35.5. The molecule has 1 aliphatic heterocycles. The summed E-state index contributed by atoms with van der Waals surface area (Å²) < 4.78 is 7.84. The summed E-state index contributed by atoms with van der Waals surface area (Å²) in [5, 5.41) is 8.92. The van der Waals surface area contributed by atoms with Crippen molar-refractivity contribution in [3.8, 4) is 5.75 Å². The highest BCUT2D eigenvalue weighted by molar-refractivity contribution is 5.85. The molecule has 2 aliphatic rings. The lowest BCUT2D eigenvalue weighted by molar-refractivity contribution is 0.208. The molecular formula is C25H32ClN5O2. The number of halogens is 1. The number of aromatic nitrogens is 3. The number of benzene rings is 2. The van der Waals surface area contributed by atoms with E-state index >= 15 is 0 Å². The largest absolute Gasteiger partial charge is 0.488 e. The third-order valence-electron chi connectivity index (χ3n) is 6.65. The van der Waals surface area contributed by atoms with E-state index < -0.39 is 0 Å². The van der Waals surface area contributed by atoms with Crippen molar-refractivity contribution < 1.29 is 4.74 Å². The maximum absolute atomic E-state index is 12.6. The van der Waals surface area contributed by atoms with Crippen molar-refractivity contribution >= 4 is 29.0 Å². The molecule has 0 N–H and O–H groups in total. The Hall–Kier alpha value is -2.64. The van der Waals surface area contributed by atoms with Gasteiger partial charge in [0.1, 0.15) is 11.3 Å². The number of anilines is 1. The second kappa shape index (κ2) is 11.0. The van der Waals surface area contributed by atoms with Crippen LogP contribution in [0.3, 0.4) is 0 Å². The van der Waals surface area contributed by atoms with Crippen molar-refractivity contribution in [3.63, 3.8) is 0 Å². The third-order valence-corrected chi connectivity index (χ3v) is 6.65. The second-order valence-electron chi connectivity index (χ2n) is 8.81. The van der Waals surface area contributed by atoms with Gasteiger partial charge in [-0.15, -0.1) is 17.5 Å². The number of aryl methyl sites for hydroxylation is 1. The van der Waals surface area contributed by atoms with Gasteiger partial charge in [0.15, 0.2) is 0 Å². The van der Waals surface area contributed by atoms with Gasteiger partial charge in [-0.25, -0.2) is 4.68 Å². The lowest BCUT2D eigenvalue weighted by atomic mass is 10.2. The first-order valence-electron chi connectivity index (χ1n) is 11.8. The van der Waals surface area contributed by atoms with Crippen LogP contribution in [-0.2, 0) is 6.54 Å². The summed E-state index contributed by atoms with van der Waals surface area (Å²) in [5.74, 6) is 1.03. The van der Waals surface area contributed by atoms with E-state index in [0.29, 0.717) is 23.6 Å². The molecule has 1 saturated heterocycles. The number of nitrogens with zero attached hydrogens (tertiary/aromatic N) is 5. The Balaban J connectivity index is 0.00000259. The van der Waals surface area contributed by atoms with Gasteiger partial charge in [0.05, 0.1) is 17.2 Å². The van der Waals surface area contributed by atoms with E-state index in [1.165, 1.54) is 36.1 Å². The number of rotatable bonds is 7. The van der Waals surface area contributed by atoms with E-state index in [2.05, 4.69) is 44.4 Å². The molecule has 0 amide bonds. The monoisotopic (exact) mass is 469 g/mol. The molecule has 7 nitrogen and oxygen atoms in total. The molecule has 2 aromatic carbocycles. The second-order valence-corrected chi connectivity index (χ2v) is 8.81. The maximum atomic E-state index is 12.6. The van der Waals surface area contributed by atoms with Gasteiger partial charge in [-0.3, -0.25) is 9.69 Å². The molecule has 1 aromatic heterocycles. The van der Waals surface area contributed by atoms with E-state index in [1.54, 1.807) is 0 Å². The van der Waals surface area contributed by atoms with Crippen molar-refractivity contribution in [2.75, 3.05) is 37.6 Å². The molecule has 8 heteroatoms. The van der Waals surface area contributed by atoms with Crippen LogP contribution >= 0.6 is 12.4 Å². The van der Waals surface area contributed by atoms with Crippen molar-refractivity contribution in [2.24, 2.45) is 0 Å². The minimum atomic E-state index is -0.0562. The van der Waals surface area contributed by atoms with Gasteiger partial charge in [0, 0.05) is 39.3 Å².